The van der Waals surface area contributed by atoms with Crippen molar-refractivity contribution in [3.63, 3.8) is 0 Å². The predicted molar refractivity (Wildman–Crippen MR) is 133 cm³/mol. The van der Waals surface area contributed by atoms with Gasteiger partial charge in [0.15, 0.2) is 28.6 Å². The molecule has 0 saturated heterocycles. The molecule has 0 aliphatic carbocycles. The molecule has 2 heterocycles. The van der Waals surface area contributed by atoms with Gasteiger partial charge in [0.2, 0.25) is 0 Å². The Morgan fingerprint density at radius 3 is 1.83 bits per heavy atom. The Morgan fingerprint density at radius 1 is 0.889 bits per heavy atom. The van der Waals surface area contributed by atoms with Gasteiger partial charge in [-0.1, -0.05) is 6.58 Å². The average molecular weight is 506 g/mol. The zero-order valence-corrected chi connectivity index (χ0v) is 22.6. The minimum absolute atomic E-state index is 0.0396. The Labute approximate surface area is 210 Å². The van der Waals surface area contributed by atoms with Gasteiger partial charge >= 0.3 is 18.3 Å². The summed E-state index contributed by atoms with van der Waals surface area (Å²) in [5.41, 5.74) is -2.79. The smallest absolute Gasteiger partial charge is 0.425 e. The highest BCUT2D eigenvalue weighted by Gasteiger charge is 2.37. The summed E-state index contributed by atoms with van der Waals surface area (Å²) in [5, 5.41) is 0. The maximum Gasteiger partial charge on any atom is 0.425 e. The molecule has 12 nitrogen and oxygen atoms in total. The summed E-state index contributed by atoms with van der Waals surface area (Å²) in [6.07, 6.45) is -1.73. The number of hydrogen-bond acceptors (Lipinski definition) is 10. The van der Waals surface area contributed by atoms with Crippen molar-refractivity contribution < 1.29 is 33.3 Å². The number of imidazole rings is 1. The van der Waals surface area contributed by atoms with Crippen LogP contribution in [0.15, 0.2) is 12.9 Å². The van der Waals surface area contributed by atoms with Crippen LogP contribution in [-0.2, 0) is 18.9 Å². The number of anilines is 1. The molecule has 198 valence electrons. The lowest BCUT2D eigenvalue weighted by Gasteiger charge is -2.28. The van der Waals surface area contributed by atoms with Crippen LogP contribution < -0.4 is 4.90 Å². The summed E-state index contributed by atoms with van der Waals surface area (Å²) in [6, 6.07) is 0. The van der Waals surface area contributed by atoms with Crippen LogP contribution in [0, 0.1) is 0 Å². The van der Waals surface area contributed by atoms with Gasteiger partial charge in [-0.2, -0.15) is 4.90 Å². The van der Waals surface area contributed by atoms with E-state index in [0.717, 1.165) is 10.9 Å². The maximum absolute atomic E-state index is 13.2. The molecule has 0 bridgehead atoms. The fourth-order valence-electron chi connectivity index (χ4n) is 2.71. The first-order valence-corrected chi connectivity index (χ1v) is 11.4. The van der Waals surface area contributed by atoms with Crippen LogP contribution >= 0.6 is 0 Å². The zero-order valence-electron chi connectivity index (χ0n) is 22.6. The van der Waals surface area contributed by atoms with E-state index in [4.69, 9.17) is 18.9 Å². The standard InChI is InChI=1S/C24H35N5O7/c1-12-33-14(2)16-26-17-15(25-13-28(17)19(30)34-22(3,4)5)18(27-16)29(20(31)35-23(6,7)8)21(32)36-24(9,10)11/h13H,2,12H2,1,3-11H3. The normalized spacial score (nSPS) is 12.2. The van der Waals surface area contributed by atoms with E-state index in [-0.39, 0.29) is 35.2 Å². The highest BCUT2D eigenvalue weighted by molar-refractivity contribution is 6.13. The maximum atomic E-state index is 13.2. The molecule has 2 aromatic rings. The molecule has 0 N–H and O–H groups in total. The van der Waals surface area contributed by atoms with E-state index in [0.29, 0.717) is 4.90 Å². The largest absolute Gasteiger partial charge is 0.491 e. The SMILES string of the molecule is C=C(OCC)c1nc(N(C(=O)OC(C)(C)C)C(=O)OC(C)(C)C)c2ncn(C(=O)OC(C)(C)C)c2n1. The van der Waals surface area contributed by atoms with Crippen molar-refractivity contribution in [1.82, 2.24) is 19.5 Å². The molecule has 0 aliphatic rings. The highest BCUT2D eigenvalue weighted by Crippen LogP contribution is 2.29. The molecule has 2 amide bonds. The van der Waals surface area contributed by atoms with Gasteiger partial charge in [-0.25, -0.2) is 33.9 Å². The summed E-state index contributed by atoms with van der Waals surface area (Å²) in [5.74, 6) is -0.311. The van der Waals surface area contributed by atoms with Crippen molar-refractivity contribution in [2.75, 3.05) is 11.5 Å². The molecule has 0 aliphatic heterocycles. The van der Waals surface area contributed by atoms with Gasteiger partial charge in [0.1, 0.15) is 23.1 Å². The minimum Gasteiger partial charge on any atom is -0.491 e. The third-order valence-electron chi connectivity index (χ3n) is 3.90. The number of ether oxygens (including phenoxy) is 4. The van der Waals surface area contributed by atoms with E-state index in [1.807, 2.05) is 0 Å². The number of hydrogen-bond donors (Lipinski definition) is 0. The minimum atomic E-state index is -1.06. The number of aromatic nitrogens is 4. The Morgan fingerprint density at radius 2 is 1.39 bits per heavy atom. The molecule has 36 heavy (non-hydrogen) atoms. The van der Waals surface area contributed by atoms with Crippen LogP contribution in [0.4, 0.5) is 20.2 Å². The summed E-state index contributed by atoms with van der Waals surface area (Å²) in [7, 11) is 0. The molecule has 0 radical (unpaired) electrons. The van der Waals surface area contributed by atoms with Crippen molar-refractivity contribution in [2.24, 2.45) is 0 Å². The van der Waals surface area contributed by atoms with E-state index in [2.05, 4.69) is 21.5 Å². The van der Waals surface area contributed by atoms with E-state index in [1.165, 1.54) is 0 Å². The van der Waals surface area contributed by atoms with Crippen molar-refractivity contribution in [3.8, 4) is 0 Å². The molecule has 2 rings (SSSR count). The number of fused-ring (bicyclic) bond motifs is 1. The third kappa shape index (κ3) is 7.40. The average Bonchev–Trinajstić information content (AvgIpc) is 3.08. The van der Waals surface area contributed by atoms with Gasteiger partial charge < -0.3 is 18.9 Å². The Bertz CT molecular complexity index is 1140. The Balaban J connectivity index is 2.82. The summed E-state index contributed by atoms with van der Waals surface area (Å²) >= 11 is 0. The van der Waals surface area contributed by atoms with Crippen LogP contribution in [0.2, 0.25) is 0 Å². The van der Waals surface area contributed by atoms with Crippen molar-refractivity contribution in [1.29, 1.82) is 0 Å². The summed E-state index contributed by atoms with van der Waals surface area (Å²) in [6.45, 7) is 20.8. The van der Waals surface area contributed by atoms with Gasteiger partial charge in [-0.15, -0.1) is 0 Å². The van der Waals surface area contributed by atoms with E-state index < -0.39 is 35.1 Å². The lowest BCUT2D eigenvalue weighted by molar-refractivity contribution is 0.0427. The molecule has 2 aromatic heterocycles. The number of carbonyl (C=O) groups excluding carboxylic acids is 3. The van der Waals surface area contributed by atoms with Gasteiger partial charge in [0.05, 0.1) is 6.61 Å². The Kier molecular flexibility index (Phi) is 8.02. The molecule has 0 unspecified atom stereocenters. The number of carbonyl (C=O) groups is 3. The molecule has 0 spiro atoms. The second-order valence-electron chi connectivity index (χ2n) is 10.8. The van der Waals surface area contributed by atoms with Gasteiger partial charge in [0.25, 0.3) is 0 Å². The van der Waals surface area contributed by atoms with Gasteiger partial charge in [-0.05, 0) is 69.2 Å². The van der Waals surface area contributed by atoms with Crippen molar-refractivity contribution in [3.05, 3.63) is 18.7 Å². The van der Waals surface area contributed by atoms with Crippen LogP contribution in [0.3, 0.4) is 0 Å². The monoisotopic (exact) mass is 505 g/mol. The predicted octanol–water partition coefficient (Wildman–Crippen LogP) is 5.29. The van der Waals surface area contributed by atoms with Crippen molar-refractivity contribution >= 4 is 41.0 Å². The molecule has 0 aromatic carbocycles. The number of imide groups is 1. The third-order valence-corrected chi connectivity index (χ3v) is 3.90. The molecule has 12 heteroatoms. The number of nitrogens with zero attached hydrogens (tertiary/aromatic N) is 5. The molecular weight excluding hydrogens is 470 g/mol. The van der Waals surface area contributed by atoms with Crippen molar-refractivity contribution in [2.45, 2.75) is 86.0 Å². The first kappa shape index (κ1) is 28.5. The highest BCUT2D eigenvalue weighted by atomic mass is 16.6. The topological polar surface area (TPSA) is 135 Å². The summed E-state index contributed by atoms with van der Waals surface area (Å²) in [4.78, 5) is 52.8. The second-order valence-corrected chi connectivity index (χ2v) is 10.8. The van der Waals surface area contributed by atoms with Crippen LogP contribution in [-0.4, -0.2) is 61.2 Å². The lowest BCUT2D eigenvalue weighted by atomic mass is 10.2. The van der Waals surface area contributed by atoms with E-state index in [1.54, 1.807) is 69.2 Å². The van der Waals surface area contributed by atoms with Crippen LogP contribution in [0.5, 0.6) is 0 Å². The summed E-state index contributed by atoms with van der Waals surface area (Å²) < 4.78 is 22.8. The van der Waals surface area contributed by atoms with Crippen LogP contribution in [0.1, 0.15) is 75.1 Å². The first-order chi connectivity index (χ1) is 16.3. The van der Waals surface area contributed by atoms with E-state index >= 15 is 0 Å². The number of rotatable bonds is 4. The fourth-order valence-corrected chi connectivity index (χ4v) is 2.71. The van der Waals surface area contributed by atoms with E-state index in [9.17, 15) is 14.4 Å². The molecule has 0 fully saturated rings. The lowest BCUT2D eigenvalue weighted by Crippen LogP contribution is -2.44. The quantitative estimate of drug-likeness (QED) is 0.398. The molecule has 0 saturated carbocycles. The first-order valence-electron chi connectivity index (χ1n) is 11.4. The Hall–Kier alpha value is -3.70. The second kappa shape index (κ2) is 10.1. The van der Waals surface area contributed by atoms with Gasteiger partial charge in [0, 0.05) is 0 Å². The number of amides is 2. The fraction of sp³-hybridized carbons (Fsp3) is 0.583. The molecule has 0 atom stereocenters. The van der Waals surface area contributed by atoms with Gasteiger partial charge in [-0.3, -0.25) is 0 Å². The molecular formula is C24H35N5O7. The zero-order chi connectivity index (χ0) is 27.6. The van der Waals surface area contributed by atoms with Crippen LogP contribution in [0.25, 0.3) is 16.9 Å².